The Hall–Kier alpha value is -0.610. The first-order valence-corrected chi connectivity index (χ1v) is 13.2. The molecule has 0 saturated carbocycles. The number of carbonyl (C=O) groups excluding carboxylic acids is 1. The summed E-state index contributed by atoms with van der Waals surface area (Å²) in [7, 11) is 0. The van der Waals surface area contributed by atoms with Crippen molar-refractivity contribution in [2.45, 2.75) is 154 Å². The summed E-state index contributed by atoms with van der Waals surface area (Å²) in [6.07, 6.45) is 23.2. The zero-order chi connectivity index (χ0) is 22.3. The van der Waals surface area contributed by atoms with Crippen molar-refractivity contribution in [2.24, 2.45) is 0 Å². The quantitative estimate of drug-likeness (QED) is 0.160. The second-order valence-electron chi connectivity index (χ2n) is 9.12. The van der Waals surface area contributed by atoms with Crippen molar-refractivity contribution in [3.05, 3.63) is 0 Å². The lowest BCUT2D eigenvalue weighted by Crippen LogP contribution is -2.45. The molecule has 0 rings (SSSR count). The molecule has 0 bridgehead atoms. The van der Waals surface area contributed by atoms with Gasteiger partial charge in [-0.25, -0.2) is 0 Å². The lowest BCUT2D eigenvalue weighted by molar-refractivity contribution is -0.123. The van der Waals surface area contributed by atoms with E-state index in [-0.39, 0.29) is 12.5 Å². The van der Waals surface area contributed by atoms with Gasteiger partial charge in [0.15, 0.2) is 0 Å². The van der Waals surface area contributed by atoms with Crippen molar-refractivity contribution >= 4 is 5.91 Å². The van der Waals surface area contributed by atoms with E-state index in [1.54, 1.807) is 0 Å². The van der Waals surface area contributed by atoms with Crippen molar-refractivity contribution in [1.82, 2.24) is 5.32 Å². The Morgan fingerprint density at radius 2 is 1.07 bits per heavy atom. The molecule has 4 heteroatoms. The number of aliphatic hydroxyl groups is 2. The Labute approximate surface area is 187 Å². The van der Waals surface area contributed by atoms with E-state index >= 15 is 0 Å². The molecule has 0 aliphatic heterocycles. The highest BCUT2D eigenvalue weighted by atomic mass is 16.3. The van der Waals surface area contributed by atoms with E-state index in [4.69, 9.17) is 0 Å². The van der Waals surface area contributed by atoms with Crippen LogP contribution in [-0.2, 0) is 4.79 Å². The standard InChI is InChI=1S/C26H53NO3/c1-3-5-7-9-10-11-12-13-14-15-16-17-18-19-21-25(29)24(23-28)27-26(30)22-20-8-6-4-2/h24-25,28-29H,3-23H2,1-2H3,(H,27,30). The van der Waals surface area contributed by atoms with Gasteiger partial charge in [0.05, 0.1) is 18.8 Å². The van der Waals surface area contributed by atoms with E-state index in [1.807, 2.05) is 0 Å². The van der Waals surface area contributed by atoms with Crippen LogP contribution in [0.2, 0.25) is 0 Å². The minimum Gasteiger partial charge on any atom is -0.394 e. The molecule has 4 nitrogen and oxygen atoms in total. The van der Waals surface area contributed by atoms with Crippen LogP contribution < -0.4 is 5.32 Å². The van der Waals surface area contributed by atoms with Crippen molar-refractivity contribution in [1.29, 1.82) is 0 Å². The summed E-state index contributed by atoms with van der Waals surface area (Å²) in [5, 5.41) is 22.6. The third kappa shape index (κ3) is 19.4. The molecule has 0 aromatic carbocycles. The molecule has 0 fully saturated rings. The number of unbranched alkanes of at least 4 members (excludes halogenated alkanes) is 16. The molecule has 0 heterocycles. The van der Waals surface area contributed by atoms with E-state index in [2.05, 4.69) is 19.2 Å². The molecule has 0 spiro atoms. The van der Waals surface area contributed by atoms with Gasteiger partial charge >= 0.3 is 0 Å². The maximum Gasteiger partial charge on any atom is 0.220 e. The summed E-state index contributed by atoms with van der Waals surface area (Å²) in [4.78, 5) is 11.9. The highest BCUT2D eigenvalue weighted by molar-refractivity contribution is 5.76. The van der Waals surface area contributed by atoms with E-state index in [1.165, 1.54) is 77.0 Å². The molecule has 0 aromatic heterocycles. The Morgan fingerprint density at radius 3 is 1.50 bits per heavy atom. The Bertz CT molecular complexity index is 362. The average molecular weight is 428 g/mol. The van der Waals surface area contributed by atoms with E-state index in [0.29, 0.717) is 12.8 Å². The van der Waals surface area contributed by atoms with Crippen LogP contribution >= 0.6 is 0 Å². The molecule has 2 unspecified atom stereocenters. The second-order valence-corrected chi connectivity index (χ2v) is 9.12. The van der Waals surface area contributed by atoms with Crippen molar-refractivity contribution in [3.8, 4) is 0 Å². The lowest BCUT2D eigenvalue weighted by Gasteiger charge is -2.22. The van der Waals surface area contributed by atoms with Crippen molar-refractivity contribution < 1.29 is 15.0 Å². The van der Waals surface area contributed by atoms with Gasteiger partial charge < -0.3 is 15.5 Å². The molecule has 0 aliphatic carbocycles. The maximum absolute atomic E-state index is 11.9. The van der Waals surface area contributed by atoms with Crippen LogP contribution in [0.4, 0.5) is 0 Å². The number of amides is 1. The predicted octanol–water partition coefficient (Wildman–Crippen LogP) is 6.67. The number of hydrogen-bond acceptors (Lipinski definition) is 3. The molecule has 1 amide bonds. The SMILES string of the molecule is CCCCCCCCCCCCCCCCC(O)C(CO)NC(=O)CCCCCC. The highest BCUT2D eigenvalue weighted by Crippen LogP contribution is 2.14. The predicted molar refractivity (Wildman–Crippen MR) is 129 cm³/mol. The fourth-order valence-electron chi connectivity index (χ4n) is 4.00. The number of aliphatic hydroxyl groups excluding tert-OH is 2. The molecule has 0 saturated heterocycles. The van der Waals surface area contributed by atoms with Gasteiger partial charge in [-0.1, -0.05) is 123 Å². The van der Waals surface area contributed by atoms with Gasteiger partial charge in [0.25, 0.3) is 0 Å². The number of nitrogens with one attached hydrogen (secondary N) is 1. The van der Waals surface area contributed by atoms with Gasteiger partial charge in [0.2, 0.25) is 5.91 Å². The van der Waals surface area contributed by atoms with Crippen molar-refractivity contribution in [2.75, 3.05) is 6.61 Å². The third-order valence-corrected chi connectivity index (χ3v) is 6.12. The highest BCUT2D eigenvalue weighted by Gasteiger charge is 2.19. The zero-order valence-corrected chi connectivity index (χ0v) is 20.3. The summed E-state index contributed by atoms with van der Waals surface area (Å²) in [5.41, 5.74) is 0. The summed E-state index contributed by atoms with van der Waals surface area (Å²) in [6.45, 7) is 4.22. The average Bonchev–Trinajstić information content (AvgIpc) is 2.75. The van der Waals surface area contributed by atoms with E-state index < -0.39 is 12.1 Å². The van der Waals surface area contributed by atoms with Gasteiger partial charge in [-0.15, -0.1) is 0 Å². The van der Waals surface area contributed by atoms with Gasteiger partial charge in [-0.3, -0.25) is 4.79 Å². The van der Waals surface area contributed by atoms with Crippen LogP contribution in [-0.4, -0.2) is 34.9 Å². The molecule has 0 aliphatic rings. The Kier molecular flexibility index (Phi) is 22.6. The largest absolute Gasteiger partial charge is 0.394 e. The number of rotatable bonds is 23. The number of hydrogen-bond donors (Lipinski definition) is 3. The molecule has 0 radical (unpaired) electrons. The molecule has 30 heavy (non-hydrogen) atoms. The monoisotopic (exact) mass is 427 g/mol. The van der Waals surface area contributed by atoms with Crippen LogP contribution in [0.25, 0.3) is 0 Å². The first-order chi connectivity index (χ1) is 14.7. The smallest absolute Gasteiger partial charge is 0.220 e. The zero-order valence-electron chi connectivity index (χ0n) is 20.3. The van der Waals surface area contributed by atoms with Crippen LogP contribution in [0.5, 0.6) is 0 Å². The fourth-order valence-corrected chi connectivity index (χ4v) is 4.00. The molecule has 3 N–H and O–H groups in total. The van der Waals surface area contributed by atoms with Crippen LogP contribution in [0.3, 0.4) is 0 Å². The van der Waals surface area contributed by atoms with Crippen LogP contribution in [0.1, 0.15) is 142 Å². The third-order valence-electron chi connectivity index (χ3n) is 6.12. The Morgan fingerprint density at radius 1 is 0.667 bits per heavy atom. The van der Waals surface area contributed by atoms with Gasteiger partial charge in [-0.05, 0) is 12.8 Å². The van der Waals surface area contributed by atoms with Crippen molar-refractivity contribution in [3.63, 3.8) is 0 Å². The molecule has 0 aromatic rings. The van der Waals surface area contributed by atoms with E-state index in [9.17, 15) is 15.0 Å². The Balaban J connectivity index is 3.53. The normalized spacial score (nSPS) is 13.3. The number of carbonyl (C=O) groups is 1. The van der Waals surface area contributed by atoms with Gasteiger partial charge in [0.1, 0.15) is 0 Å². The topological polar surface area (TPSA) is 69.6 Å². The van der Waals surface area contributed by atoms with Crippen LogP contribution in [0.15, 0.2) is 0 Å². The summed E-state index contributed by atoms with van der Waals surface area (Å²) >= 11 is 0. The maximum atomic E-state index is 11.9. The summed E-state index contributed by atoms with van der Waals surface area (Å²) in [5.74, 6) is -0.0508. The minimum atomic E-state index is -0.646. The first-order valence-electron chi connectivity index (χ1n) is 13.2. The van der Waals surface area contributed by atoms with Gasteiger partial charge in [-0.2, -0.15) is 0 Å². The minimum absolute atomic E-state index is 0.0508. The van der Waals surface area contributed by atoms with E-state index in [0.717, 1.165) is 38.5 Å². The molecule has 2 atom stereocenters. The summed E-state index contributed by atoms with van der Waals surface area (Å²) in [6, 6.07) is -0.523. The second kappa shape index (κ2) is 23.1. The first kappa shape index (κ1) is 29.4. The van der Waals surface area contributed by atoms with Crippen LogP contribution in [0, 0.1) is 0 Å². The molecular formula is C26H53NO3. The fraction of sp³-hybridized carbons (Fsp3) is 0.962. The molecule has 180 valence electrons. The lowest BCUT2D eigenvalue weighted by atomic mass is 10.0. The summed E-state index contributed by atoms with van der Waals surface area (Å²) < 4.78 is 0. The van der Waals surface area contributed by atoms with Gasteiger partial charge in [0, 0.05) is 6.42 Å². The molecular weight excluding hydrogens is 374 g/mol.